The van der Waals surface area contributed by atoms with Crippen LogP contribution in [0.25, 0.3) is 0 Å². The number of halogens is 1. The van der Waals surface area contributed by atoms with Gasteiger partial charge in [-0.25, -0.2) is 0 Å². The monoisotopic (exact) mass is 291 g/mol. The van der Waals surface area contributed by atoms with E-state index >= 15 is 0 Å². The van der Waals surface area contributed by atoms with Gasteiger partial charge >= 0.3 is 0 Å². The van der Waals surface area contributed by atoms with Crippen molar-refractivity contribution in [3.63, 3.8) is 0 Å². The van der Waals surface area contributed by atoms with Gasteiger partial charge in [-0.05, 0) is 30.5 Å². The molecule has 0 spiro atoms. The van der Waals surface area contributed by atoms with Crippen LogP contribution < -0.4 is 5.32 Å². The van der Waals surface area contributed by atoms with Gasteiger partial charge in [0.25, 0.3) is 0 Å². The SMILES string of the molecule is CCC(CC)n1ccc(CNCc2ccccc2Cl)n1. The average Bonchev–Trinajstić information content (AvgIpc) is 2.91. The molecule has 108 valence electrons. The Morgan fingerprint density at radius 3 is 2.60 bits per heavy atom. The molecule has 0 fully saturated rings. The first-order valence-electron chi connectivity index (χ1n) is 7.22. The molecule has 0 radical (unpaired) electrons. The van der Waals surface area contributed by atoms with E-state index in [1.165, 1.54) is 0 Å². The van der Waals surface area contributed by atoms with Crippen LogP contribution in [0, 0.1) is 0 Å². The van der Waals surface area contributed by atoms with E-state index in [0.29, 0.717) is 6.04 Å². The lowest BCUT2D eigenvalue weighted by molar-refractivity contribution is 0.424. The van der Waals surface area contributed by atoms with Crippen LogP contribution in [0.4, 0.5) is 0 Å². The Labute approximate surface area is 126 Å². The summed E-state index contributed by atoms with van der Waals surface area (Å²) in [5.41, 5.74) is 2.19. The summed E-state index contributed by atoms with van der Waals surface area (Å²) in [4.78, 5) is 0. The fraction of sp³-hybridized carbons (Fsp3) is 0.438. The molecule has 0 saturated heterocycles. The van der Waals surface area contributed by atoms with Crippen LogP contribution in [0.1, 0.15) is 44.0 Å². The Kier molecular flexibility index (Phi) is 5.62. The number of benzene rings is 1. The third-order valence-electron chi connectivity index (χ3n) is 3.56. The maximum absolute atomic E-state index is 6.13. The van der Waals surface area contributed by atoms with Gasteiger partial charge < -0.3 is 5.32 Å². The van der Waals surface area contributed by atoms with E-state index in [9.17, 15) is 0 Å². The first-order chi connectivity index (χ1) is 9.74. The van der Waals surface area contributed by atoms with E-state index < -0.39 is 0 Å². The van der Waals surface area contributed by atoms with Gasteiger partial charge in [-0.15, -0.1) is 0 Å². The Hall–Kier alpha value is -1.32. The van der Waals surface area contributed by atoms with Crippen LogP contribution >= 0.6 is 11.6 Å². The second-order valence-corrected chi connectivity index (χ2v) is 5.36. The molecule has 1 N–H and O–H groups in total. The number of rotatable bonds is 7. The molecule has 0 amide bonds. The number of hydrogen-bond donors (Lipinski definition) is 1. The summed E-state index contributed by atoms with van der Waals surface area (Å²) >= 11 is 6.13. The fourth-order valence-electron chi connectivity index (χ4n) is 2.30. The second kappa shape index (κ2) is 7.46. The van der Waals surface area contributed by atoms with E-state index in [2.05, 4.69) is 41.2 Å². The Bertz CT molecular complexity index is 532. The van der Waals surface area contributed by atoms with Crippen molar-refractivity contribution in [2.75, 3.05) is 0 Å². The van der Waals surface area contributed by atoms with Crippen molar-refractivity contribution in [1.82, 2.24) is 15.1 Å². The van der Waals surface area contributed by atoms with Crippen LogP contribution in [0.3, 0.4) is 0 Å². The number of nitrogens with one attached hydrogen (secondary N) is 1. The smallest absolute Gasteiger partial charge is 0.0762 e. The lowest BCUT2D eigenvalue weighted by Gasteiger charge is -2.12. The summed E-state index contributed by atoms with van der Waals surface area (Å²) in [7, 11) is 0. The van der Waals surface area contributed by atoms with E-state index in [1.54, 1.807) is 0 Å². The van der Waals surface area contributed by atoms with Gasteiger partial charge in [-0.1, -0.05) is 43.6 Å². The van der Waals surface area contributed by atoms with E-state index in [-0.39, 0.29) is 0 Å². The minimum atomic E-state index is 0.507. The van der Waals surface area contributed by atoms with Gasteiger partial charge in [0.15, 0.2) is 0 Å². The van der Waals surface area contributed by atoms with Crippen LogP contribution in [0.5, 0.6) is 0 Å². The maximum Gasteiger partial charge on any atom is 0.0762 e. The van der Waals surface area contributed by atoms with Crippen LogP contribution in [0.2, 0.25) is 5.02 Å². The number of nitrogens with zero attached hydrogens (tertiary/aromatic N) is 2. The van der Waals surface area contributed by atoms with Gasteiger partial charge in [0.2, 0.25) is 0 Å². The molecule has 0 aliphatic heterocycles. The largest absolute Gasteiger partial charge is 0.307 e. The van der Waals surface area contributed by atoms with Crippen molar-refractivity contribution < 1.29 is 0 Å². The maximum atomic E-state index is 6.13. The van der Waals surface area contributed by atoms with Crippen LogP contribution in [0.15, 0.2) is 36.5 Å². The molecule has 2 rings (SSSR count). The second-order valence-electron chi connectivity index (χ2n) is 4.95. The highest BCUT2D eigenvalue weighted by atomic mass is 35.5. The molecule has 0 atom stereocenters. The molecular formula is C16H22ClN3. The lowest BCUT2D eigenvalue weighted by Crippen LogP contribution is -2.14. The summed E-state index contributed by atoms with van der Waals surface area (Å²) in [5, 5.41) is 8.82. The average molecular weight is 292 g/mol. The van der Waals surface area contributed by atoms with Crippen LogP contribution in [-0.2, 0) is 13.1 Å². The Morgan fingerprint density at radius 1 is 1.15 bits per heavy atom. The topological polar surface area (TPSA) is 29.9 Å². The minimum absolute atomic E-state index is 0.507. The number of aromatic nitrogens is 2. The summed E-state index contributed by atoms with van der Waals surface area (Å²) in [6.07, 6.45) is 4.31. The molecule has 0 bridgehead atoms. The molecule has 1 heterocycles. The molecule has 0 aliphatic carbocycles. The van der Waals surface area contributed by atoms with Crippen molar-refractivity contribution in [1.29, 1.82) is 0 Å². The van der Waals surface area contributed by atoms with Crippen molar-refractivity contribution in [2.24, 2.45) is 0 Å². The molecule has 0 saturated carbocycles. The van der Waals surface area contributed by atoms with Gasteiger partial charge in [0.05, 0.1) is 11.7 Å². The van der Waals surface area contributed by atoms with Gasteiger partial charge in [0.1, 0.15) is 0 Å². The Morgan fingerprint density at radius 2 is 1.90 bits per heavy atom. The summed E-state index contributed by atoms with van der Waals surface area (Å²) in [5.74, 6) is 0. The summed E-state index contributed by atoms with van der Waals surface area (Å²) in [6, 6.07) is 10.5. The third-order valence-corrected chi connectivity index (χ3v) is 3.93. The molecular weight excluding hydrogens is 270 g/mol. The summed E-state index contributed by atoms with van der Waals surface area (Å²) < 4.78 is 2.08. The molecule has 0 unspecified atom stereocenters. The molecule has 1 aromatic carbocycles. The Balaban J connectivity index is 1.87. The molecule has 0 aliphatic rings. The third kappa shape index (κ3) is 3.84. The fourth-order valence-corrected chi connectivity index (χ4v) is 2.51. The van der Waals surface area contributed by atoms with Crippen molar-refractivity contribution in [3.05, 3.63) is 52.8 Å². The van der Waals surface area contributed by atoms with Gasteiger partial charge in [0, 0.05) is 24.3 Å². The van der Waals surface area contributed by atoms with Crippen LogP contribution in [-0.4, -0.2) is 9.78 Å². The molecule has 20 heavy (non-hydrogen) atoms. The predicted molar refractivity (Wildman–Crippen MR) is 83.8 cm³/mol. The molecule has 2 aromatic rings. The van der Waals surface area contributed by atoms with E-state index in [0.717, 1.165) is 42.2 Å². The highest BCUT2D eigenvalue weighted by Crippen LogP contribution is 2.16. The van der Waals surface area contributed by atoms with Crippen molar-refractivity contribution in [3.8, 4) is 0 Å². The normalized spacial score (nSPS) is 11.2. The standard InChI is InChI=1S/C16H22ClN3/c1-3-15(4-2)20-10-9-14(19-20)12-18-11-13-7-5-6-8-16(13)17/h5-10,15,18H,3-4,11-12H2,1-2H3. The predicted octanol–water partition coefficient (Wildman–Crippen LogP) is 4.19. The van der Waals surface area contributed by atoms with E-state index in [4.69, 9.17) is 11.6 Å². The molecule has 1 aromatic heterocycles. The molecule has 4 heteroatoms. The van der Waals surface area contributed by atoms with Crippen molar-refractivity contribution in [2.45, 2.75) is 45.8 Å². The number of hydrogen-bond acceptors (Lipinski definition) is 2. The quantitative estimate of drug-likeness (QED) is 0.829. The van der Waals surface area contributed by atoms with Crippen molar-refractivity contribution >= 4 is 11.6 Å². The minimum Gasteiger partial charge on any atom is -0.307 e. The van der Waals surface area contributed by atoms with E-state index in [1.807, 2.05) is 24.3 Å². The first kappa shape index (κ1) is 15.1. The zero-order valence-electron chi connectivity index (χ0n) is 12.1. The lowest BCUT2D eigenvalue weighted by atomic mass is 10.2. The molecule has 3 nitrogen and oxygen atoms in total. The summed E-state index contributed by atoms with van der Waals surface area (Å²) in [6.45, 7) is 5.92. The van der Waals surface area contributed by atoms with Gasteiger partial charge in [-0.2, -0.15) is 5.10 Å². The first-order valence-corrected chi connectivity index (χ1v) is 7.60. The highest BCUT2D eigenvalue weighted by Gasteiger charge is 2.07. The van der Waals surface area contributed by atoms with Gasteiger partial charge in [-0.3, -0.25) is 4.68 Å². The zero-order valence-corrected chi connectivity index (χ0v) is 12.9. The zero-order chi connectivity index (χ0) is 14.4. The highest BCUT2D eigenvalue weighted by molar-refractivity contribution is 6.31.